The summed E-state index contributed by atoms with van der Waals surface area (Å²) in [5, 5.41) is 10.5. The van der Waals surface area contributed by atoms with Crippen molar-refractivity contribution in [1.29, 1.82) is 0 Å². The maximum atomic E-state index is 4.50. The van der Waals surface area contributed by atoms with E-state index in [-0.39, 0.29) is 0 Å². The Kier molecular flexibility index (Phi) is 3.46. The number of hydrazone groups is 1. The maximum Gasteiger partial charge on any atom is 0.101 e. The molecule has 2 aromatic rings. The van der Waals surface area contributed by atoms with Crippen LogP contribution < -0.4 is 0 Å². The third-order valence-corrected chi connectivity index (χ3v) is 2.61. The minimum absolute atomic E-state index is 0.961. The van der Waals surface area contributed by atoms with Gasteiger partial charge in [-0.25, -0.2) is 0 Å². The van der Waals surface area contributed by atoms with Crippen LogP contribution in [-0.4, -0.2) is 35.1 Å². The van der Waals surface area contributed by atoms with Crippen LogP contribution in [0.25, 0.3) is 11.3 Å². The zero-order valence-electron chi connectivity index (χ0n) is 11.3. The lowest BCUT2D eigenvalue weighted by molar-refractivity contribution is 0.440. The van der Waals surface area contributed by atoms with Crippen molar-refractivity contribution in [2.75, 3.05) is 14.1 Å². The van der Waals surface area contributed by atoms with E-state index in [0.717, 1.165) is 16.8 Å². The van der Waals surface area contributed by atoms with Crippen LogP contribution in [0.3, 0.4) is 0 Å². The Labute approximate surface area is 108 Å². The number of hydrogen-bond acceptors (Lipinski definition) is 3. The van der Waals surface area contributed by atoms with E-state index in [1.54, 1.807) is 5.01 Å². The second kappa shape index (κ2) is 5.04. The molecule has 0 bridgehead atoms. The van der Waals surface area contributed by atoms with Crippen LogP contribution in [0.5, 0.6) is 0 Å². The van der Waals surface area contributed by atoms with Crippen molar-refractivity contribution in [3.05, 3.63) is 41.6 Å². The Hall–Kier alpha value is -2.10. The summed E-state index contributed by atoms with van der Waals surface area (Å²) in [5.74, 6) is 0. The van der Waals surface area contributed by atoms with Crippen LogP contribution in [0, 0.1) is 6.92 Å². The van der Waals surface area contributed by atoms with E-state index >= 15 is 0 Å². The lowest BCUT2D eigenvalue weighted by Gasteiger charge is -2.03. The van der Waals surface area contributed by atoms with Crippen LogP contribution in [0.2, 0.25) is 0 Å². The minimum Gasteiger partial charge on any atom is -0.303 e. The average molecular weight is 242 g/mol. The lowest BCUT2D eigenvalue weighted by Crippen LogP contribution is -2.02. The molecule has 0 radical (unpaired) electrons. The summed E-state index contributed by atoms with van der Waals surface area (Å²) in [7, 11) is 5.72. The van der Waals surface area contributed by atoms with Crippen LogP contribution in [0.1, 0.15) is 11.1 Å². The van der Waals surface area contributed by atoms with Gasteiger partial charge >= 0.3 is 0 Å². The molecular weight excluding hydrogens is 224 g/mol. The van der Waals surface area contributed by atoms with Gasteiger partial charge in [-0.3, -0.25) is 4.68 Å². The van der Waals surface area contributed by atoms with Crippen molar-refractivity contribution >= 4 is 6.21 Å². The minimum atomic E-state index is 0.961. The second-order valence-corrected chi connectivity index (χ2v) is 4.56. The largest absolute Gasteiger partial charge is 0.303 e. The highest BCUT2D eigenvalue weighted by molar-refractivity contribution is 5.88. The normalized spacial score (nSPS) is 11.1. The predicted octanol–water partition coefficient (Wildman–Crippen LogP) is 2.29. The molecular formula is C14H18N4. The van der Waals surface area contributed by atoms with Gasteiger partial charge in [-0.05, 0) is 6.92 Å². The molecule has 0 saturated heterocycles. The average Bonchev–Trinajstić information content (AvgIpc) is 2.69. The van der Waals surface area contributed by atoms with Crippen LogP contribution in [-0.2, 0) is 7.05 Å². The molecule has 0 fully saturated rings. The van der Waals surface area contributed by atoms with E-state index in [1.165, 1.54) is 5.56 Å². The molecule has 0 N–H and O–H groups in total. The van der Waals surface area contributed by atoms with Crippen molar-refractivity contribution in [2.24, 2.45) is 12.1 Å². The fourth-order valence-corrected chi connectivity index (χ4v) is 1.71. The molecule has 94 valence electrons. The van der Waals surface area contributed by atoms with E-state index in [0.29, 0.717) is 0 Å². The summed E-state index contributed by atoms with van der Waals surface area (Å²) in [6.07, 6.45) is 3.81. The molecule has 0 unspecified atom stereocenters. The van der Waals surface area contributed by atoms with E-state index in [4.69, 9.17) is 0 Å². The summed E-state index contributed by atoms with van der Waals surface area (Å²) >= 11 is 0. The fraction of sp³-hybridized carbons (Fsp3) is 0.286. The number of benzene rings is 1. The third kappa shape index (κ3) is 2.77. The van der Waals surface area contributed by atoms with Crippen LogP contribution in [0.15, 0.2) is 35.6 Å². The SMILES string of the molecule is Cc1ccc(-c2nn(C)cc2/C=N/N(C)C)cc1. The highest BCUT2D eigenvalue weighted by atomic mass is 15.4. The van der Waals surface area contributed by atoms with Gasteiger partial charge in [0.1, 0.15) is 5.69 Å². The molecule has 0 atom stereocenters. The summed E-state index contributed by atoms with van der Waals surface area (Å²) in [5.41, 5.74) is 4.35. The third-order valence-electron chi connectivity index (χ3n) is 2.61. The molecule has 4 nitrogen and oxygen atoms in total. The van der Waals surface area contributed by atoms with Crippen molar-refractivity contribution in [3.8, 4) is 11.3 Å². The molecule has 0 aliphatic rings. The molecule has 2 rings (SSSR count). The molecule has 1 aromatic carbocycles. The maximum absolute atomic E-state index is 4.50. The molecule has 4 heteroatoms. The Morgan fingerprint density at radius 1 is 1.22 bits per heavy atom. The monoisotopic (exact) mass is 242 g/mol. The van der Waals surface area contributed by atoms with Gasteiger partial charge in [0.15, 0.2) is 0 Å². The van der Waals surface area contributed by atoms with Gasteiger partial charge in [0.2, 0.25) is 0 Å². The number of aryl methyl sites for hydroxylation is 2. The van der Waals surface area contributed by atoms with Crippen LogP contribution >= 0.6 is 0 Å². The number of aromatic nitrogens is 2. The highest BCUT2D eigenvalue weighted by Gasteiger charge is 2.08. The molecule has 0 aliphatic carbocycles. The molecule has 0 spiro atoms. The van der Waals surface area contributed by atoms with Gasteiger partial charge in [0, 0.05) is 38.5 Å². The standard InChI is InChI=1S/C14H18N4/c1-11-5-7-12(8-6-11)14-13(9-15-17(2)3)10-18(4)16-14/h5-10H,1-4H3/b15-9+. The first-order valence-electron chi connectivity index (χ1n) is 5.88. The Morgan fingerprint density at radius 3 is 2.50 bits per heavy atom. The summed E-state index contributed by atoms with van der Waals surface area (Å²) in [6.45, 7) is 2.08. The zero-order valence-corrected chi connectivity index (χ0v) is 11.3. The van der Waals surface area contributed by atoms with Crippen LogP contribution in [0.4, 0.5) is 0 Å². The molecule has 1 aromatic heterocycles. The number of nitrogens with zero attached hydrogens (tertiary/aromatic N) is 4. The van der Waals surface area contributed by atoms with Gasteiger partial charge in [0.05, 0.1) is 6.21 Å². The molecule has 1 heterocycles. The molecule has 0 aliphatic heterocycles. The number of hydrogen-bond donors (Lipinski definition) is 0. The van der Waals surface area contributed by atoms with E-state index in [2.05, 4.69) is 41.4 Å². The van der Waals surface area contributed by atoms with Gasteiger partial charge in [-0.1, -0.05) is 29.8 Å². The van der Waals surface area contributed by atoms with Gasteiger partial charge < -0.3 is 5.01 Å². The van der Waals surface area contributed by atoms with E-state index in [1.807, 2.05) is 38.2 Å². The summed E-state index contributed by atoms with van der Waals surface area (Å²) < 4.78 is 1.81. The first-order chi connectivity index (χ1) is 8.56. The fourth-order valence-electron chi connectivity index (χ4n) is 1.71. The van der Waals surface area contributed by atoms with Gasteiger partial charge in [0.25, 0.3) is 0 Å². The molecule has 0 saturated carbocycles. The molecule has 0 amide bonds. The smallest absolute Gasteiger partial charge is 0.101 e. The Balaban J connectivity index is 2.41. The van der Waals surface area contributed by atoms with Gasteiger partial charge in [-0.15, -0.1) is 0 Å². The first-order valence-corrected chi connectivity index (χ1v) is 5.88. The summed E-state index contributed by atoms with van der Waals surface area (Å²) in [4.78, 5) is 0. The van der Waals surface area contributed by atoms with Crippen molar-refractivity contribution in [1.82, 2.24) is 14.8 Å². The van der Waals surface area contributed by atoms with E-state index < -0.39 is 0 Å². The Bertz CT molecular complexity index is 550. The first kappa shape index (κ1) is 12.4. The lowest BCUT2D eigenvalue weighted by atomic mass is 10.1. The topological polar surface area (TPSA) is 33.4 Å². The van der Waals surface area contributed by atoms with Crippen molar-refractivity contribution in [2.45, 2.75) is 6.92 Å². The van der Waals surface area contributed by atoms with Gasteiger partial charge in [-0.2, -0.15) is 10.2 Å². The predicted molar refractivity (Wildman–Crippen MR) is 74.7 cm³/mol. The second-order valence-electron chi connectivity index (χ2n) is 4.56. The quantitative estimate of drug-likeness (QED) is 0.611. The van der Waals surface area contributed by atoms with E-state index in [9.17, 15) is 0 Å². The zero-order chi connectivity index (χ0) is 13.1. The van der Waals surface area contributed by atoms with Crippen molar-refractivity contribution < 1.29 is 0 Å². The number of rotatable bonds is 3. The highest BCUT2D eigenvalue weighted by Crippen LogP contribution is 2.21. The Morgan fingerprint density at radius 2 is 1.89 bits per heavy atom. The van der Waals surface area contributed by atoms with Crippen molar-refractivity contribution in [3.63, 3.8) is 0 Å². The molecule has 18 heavy (non-hydrogen) atoms. The summed E-state index contributed by atoms with van der Waals surface area (Å²) in [6, 6.07) is 8.36.